The van der Waals surface area contributed by atoms with Gasteiger partial charge in [0, 0.05) is 31.0 Å². The molecule has 1 saturated carbocycles. The second-order valence-electron chi connectivity index (χ2n) is 9.59. The van der Waals surface area contributed by atoms with Crippen molar-refractivity contribution in [3.8, 4) is 0 Å². The van der Waals surface area contributed by atoms with Gasteiger partial charge in [0.15, 0.2) is 0 Å². The lowest BCUT2D eigenvalue weighted by molar-refractivity contribution is -0.137. The number of hydrogen-bond acceptors (Lipinski definition) is 3. The zero-order chi connectivity index (χ0) is 26.6. The van der Waals surface area contributed by atoms with Crippen molar-refractivity contribution in [3.05, 3.63) is 64.4 Å². The van der Waals surface area contributed by atoms with E-state index in [1.807, 2.05) is 13.0 Å². The highest BCUT2D eigenvalue weighted by Crippen LogP contribution is 2.31. The number of benzene rings is 1. The smallest absolute Gasteiger partial charge is 0.353 e. The standard InChI is InChI=1S/C27H30ClF3N4O2/c1-17(25(36)33-21-5-3-2-4-6-21)19-15-23(28)24(32-16-19)18-11-13-35(14-12-18)26(37)34-22-9-7-20(8-10-22)27(29,30)31/h7-11,15-17,21H,2-6,12-14H2,1H3,(H,33,36)(H,34,37). The second kappa shape index (κ2) is 11.5. The van der Waals surface area contributed by atoms with Crippen LogP contribution in [0, 0.1) is 0 Å². The van der Waals surface area contributed by atoms with Crippen molar-refractivity contribution in [2.24, 2.45) is 0 Å². The van der Waals surface area contributed by atoms with Crippen LogP contribution in [0.3, 0.4) is 0 Å². The van der Waals surface area contributed by atoms with Gasteiger partial charge in [0.25, 0.3) is 0 Å². The molecule has 2 aromatic rings. The zero-order valence-corrected chi connectivity index (χ0v) is 21.3. The summed E-state index contributed by atoms with van der Waals surface area (Å²) in [6.45, 7) is 2.55. The fraction of sp³-hybridized carbons (Fsp3) is 0.444. The fourth-order valence-corrected chi connectivity index (χ4v) is 4.96. The van der Waals surface area contributed by atoms with Crippen LogP contribution in [0.15, 0.2) is 42.6 Å². The average Bonchev–Trinajstić information content (AvgIpc) is 2.88. The van der Waals surface area contributed by atoms with Gasteiger partial charge in [-0.3, -0.25) is 9.78 Å². The molecule has 10 heteroatoms. The van der Waals surface area contributed by atoms with E-state index in [0.29, 0.717) is 30.2 Å². The number of urea groups is 1. The first-order valence-electron chi connectivity index (χ1n) is 12.5. The number of anilines is 1. The van der Waals surface area contributed by atoms with Gasteiger partial charge >= 0.3 is 12.2 Å². The Morgan fingerprint density at radius 2 is 1.84 bits per heavy atom. The molecule has 0 radical (unpaired) electrons. The van der Waals surface area contributed by atoms with Crippen LogP contribution in [0.2, 0.25) is 5.02 Å². The fourth-order valence-electron chi connectivity index (χ4n) is 4.66. The molecule has 37 heavy (non-hydrogen) atoms. The summed E-state index contributed by atoms with van der Waals surface area (Å²) < 4.78 is 38.2. The molecule has 4 rings (SSSR count). The van der Waals surface area contributed by atoms with Crippen LogP contribution >= 0.6 is 11.6 Å². The average molecular weight is 535 g/mol. The highest BCUT2D eigenvalue weighted by Gasteiger charge is 2.30. The molecule has 0 spiro atoms. The largest absolute Gasteiger partial charge is 0.416 e. The predicted molar refractivity (Wildman–Crippen MR) is 137 cm³/mol. The van der Waals surface area contributed by atoms with E-state index < -0.39 is 17.8 Å². The normalized spacial score (nSPS) is 17.6. The Kier molecular flexibility index (Phi) is 8.42. The number of aromatic nitrogens is 1. The van der Waals surface area contributed by atoms with Gasteiger partial charge in [0.2, 0.25) is 5.91 Å². The number of nitrogens with zero attached hydrogens (tertiary/aromatic N) is 2. The number of amides is 3. The predicted octanol–water partition coefficient (Wildman–Crippen LogP) is 6.63. The molecule has 1 fully saturated rings. The minimum atomic E-state index is -4.43. The first-order valence-corrected chi connectivity index (χ1v) is 12.9. The maximum Gasteiger partial charge on any atom is 0.416 e. The molecule has 6 nitrogen and oxygen atoms in total. The van der Waals surface area contributed by atoms with Gasteiger partial charge in [-0.25, -0.2) is 4.79 Å². The third-order valence-electron chi connectivity index (χ3n) is 6.97. The van der Waals surface area contributed by atoms with Gasteiger partial charge in [-0.1, -0.05) is 36.9 Å². The first kappa shape index (κ1) is 27.0. The van der Waals surface area contributed by atoms with Gasteiger partial charge in [0.1, 0.15) is 0 Å². The van der Waals surface area contributed by atoms with Gasteiger partial charge < -0.3 is 15.5 Å². The molecule has 1 aliphatic heterocycles. The molecule has 1 aliphatic carbocycles. The topological polar surface area (TPSA) is 74.3 Å². The van der Waals surface area contributed by atoms with Crippen molar-refractivity contribution in [1.29, 1.82) is 0 Å². The lowest BCUT2D eigenvalue weighted by atomic mass is 9.94. The maximum absolute atomic E-state index is 12.7. The van der Waals surface area contributed by atoms with Crippen LogP contribution in [0.5, 0.6) is 0 Å². The Morgan fingerprint density at radius 3 is 2.43 bits per heavy atom. The van der Waals surface area contributed by atoms with Crippen molar-refractivity contribution < 1.29 is 22.8 Å². The maximum atomic E-state index is 12.7. The third-order valence-corrected chi connectivity index (χ3v) is 7.26. The van der Waals surface area contributed by atoms with E-state index in [1.165, 1.54) is 18.6 Å². The van der Waals surface area contributed by atoms with Crippen LogP contribution in [-0.4, -0.2) is 41.0 Å². The summed E-state index contributed by atoms with van der Waals surface area (Å²) in [4.78, 5) is 31.4. The molecule has 1 unspecified atom stereocenters. The Hall–Kier alpha value is -3.07. The number of halogens is 4. The highest BCUT2D eigenvalue weighted by atomic mass is 35.5. The quantitative estimate of drug-likeness (QED) is 0.452. The molecule has 2 N–H and O–H groups in total. The number of carbonyl (C=O) groups excluding carboxylic acids is 2. The summed E-state index contributed by atoms with van der Waals surface area (Å²) in [7, 11) is 0. The highest BCUT2D eigenvalue weighted by molar-refractivity contribution is 6.32. The molecule has 1 atom stereocenters. The Morgan fingerprint density at radius 1 is 1.14 bits per heavy atom. The van der Waals surface area contributed by atoms with E-state index in [4.69, 9.17) is 11.6 Å². The molecular weight excluding hydrogens is 505 g/mol. The van der Waals surface area contributed by atoms with Crippen LogP contribution in [0.4, 0.5) is 23.7 Å². The molecule has 0 saturated heterocycles. The van der Waals surface area contributed by atoms with E-state index in [0.717, 1.165) is 49.0 Å². The van der Waals surface area contributed by atoms with Crippen molar-refractivity contribution >= 4 is 34.8 Å². The van der Waals surface area contributed by atoms with E-state index in [1.54, 1.807) is 17.2 Å². The Balaban J connectivity index is 1.34. The molecule has 1 aromatic carbocycles. The summed E-state index contributed by atoms with van der Waals surface area (Å²) in [5.74, 6) is -0.394. The van der Waals surface area contributed by atoms with Gasteiger partial charge in [-0.2, -0.15) is 13.2 Å². The second-order valence-corrected chi connectivity index (χ2v) is 10.0. The van der Waals surface area contributed by atoms with E-state index >= 15 is 0 Å². The molecule has 198 valence electrons. The lowest BCUT2D eigenvalue weighted by Crippen LogP contribution is -2.38. The lowest BCUT2D eigenvalue weighted by Gasteiger charge is -2.27. The van der Waals surface area contributed by atoms with E-state index in [2.05, 4.69) is 15.6 Å². The minimum absolute atomic E-state index is 0.0240. The first-order chi connectivity index (χ1) is 17.6. The number of pyridine rings is 1. The Bertz CT molecular complexity index is 1160. The van der Waals surface area contributed by atoms with Crippen LogP contribution in [0.25, 0.3) is 5.57 Å². The molecule has 2 aliphatic rings. The SMILES string of the molecule is CC(C(=O)NC1CCCCC1)c1cnc(C2=CCN(C(=O)Nc3ccc(C(F)(F)F)cc3)CC2)c(Cl)c1. The summed E-state index contributed by atoms with van der Waals surface area (Å²) in [6, 6.07) is 5.93. The minimum Gasteiger partial charge on any atom is -0.353 e. The van der Waals surface area contributed by atoms with Gasteiger partial charge in [-0.05, 0) is 67.7 Å². The molecule has 3 amide bonds. The van der Waals surface area contributed by atoms with Crippen LogP contribution in [0.1, 0.15) is 68.2 Å². The zero-order valence-electron chi connectivity index (χ0n) is 20.6. The molecule has 0 bridgehead atoms. The molecule has 2 heterocycles. The molecule has 1 aromatic heterocycles. The van der Waals surface area contributed by atoms with Crippen molar-refractivity contribution in [2.75, 3.05) is 18.4 Å². The van der Waals surface area contributed by atoms with E-state index in [9.17, 15) is 22.8 Å². The van der Waals surface area contributed by atoms with Gasteiger partial charge in [0.05, 0.1) is 22.2 Å². The van der Waals surface area contributed by atoms with Crippen molar-refractivity contribution in [2.45, 2.75) is 63.6 Å². The monoisotopic (exact) mass is 534 g/mol. The molecular formula is C27H30ClF3N4O2. The van der Waals surface area contributed by atoms with E-state index in [-0.39, 0.29) is 23.6 Å². The summed E-state index contributed by atoms with van der Waals surface area (Å²) in [6.07, 6.45) is 5.18. The number of alkyl halides is 3. The Labute approximate surface area is 219 Å². The van der Waals surface area contributed by atoms with Crippen molar-refractivity contribution in [1.82, 2.24) is 15.2 Å². The van der Waals surface area contributed by atoms with Gasteiger partial charge in [-0.15, -0.1) is 0 Å². The summed E-state index contributed by atoms with van der Waals surface area (Å²) in [5, 5.41) is 6.22. The summed E-state index contributed by atoms with van der Waals surface area (Å²) in [5.41, 5.74) is 1.78. The van der Waals surface area contributed by atoms with Crippen LogP contribution < -0.4 is 10.6 Å². The third kappa shape index (κ3) is 6.83. The summed E-state index contributed by atoms with van der Waals surface area (Å²) >= 11 is 6.55. The number of nitrogens with one attached hydrogen (secondary N) is 2. The number of carbonyl (C=O) groups is 2. The number of rotatable bonds is 5. The van der Waals surface area contributed by atoms with Crippen LogP contribution in [-0.2, 0) is 11.0 Å². The number of hydrogen-bond donors (Lipinski definition) is 2. The van der Waals surface area contributed by atoms with Crippen molar-refractivity contribution in [3.63, 3.8) is 0 Å².